The molecule has 0 saturated heterocycles. The van der Waals surface area contributed by atoms with Gasteiger partial charge in [-0.25, -0.2) is 0 Å². The Kier molecular flexibility index (Phi) is 4.61. The lowest BCUT2D eigenvalue weighted by Gasteiger charge is -2.07. The van der Waals surface area contributed by atoms with Crippen molar-refractivity contribution in [2.75, 3.05) is 13.3 Å². The molecule has 0 unspecified atom stereocenters. The second-order valence-electron chi connectivity index (χ2n) is 5.30. The third kappa shape index (κ3) is 3.91. The van der Waals surface area contributed by atoms with E-state index < -0.39 is 0 Å². The van der Waals surface area contributed by atoms with Gasteiger partial charge in [0.25, 0.3) is 0 Å². The van der Waals surface area contributed by atoms with E-state index in [1.165, 1.54) is 6.07 Å². The van der Waals surface area contributed by atoms with Crippen LogP contribution in [0.5, 0.6) is 11.5 Å². The predicted octanol–water partition coefficient (Wildman–Crippen LogP) is 1.33. The van der Waals surface area contributed by atoms with Gasteiger partial charge < -0.3 is 19.4 Å². The zero-order valence-corrected chi connectivity index (χ0v) is 12.7. The highest BCUT2D eigenvalue weighted by Gasteiger charge is 2.14. The van der Waals surface area contributed by atoms with Gasteiger partial charge >= 0.3 is 0 Å². The molecule has 120 valence electrons. The molecule has 0 atom stereocenters. The Hall–Kier alpha value is -2.76. The van der Waals surface area contributed by atoms with Crippen LogP contribution in [0.4, 0.5) is 0 Å². The van der Waals surface area contributed by atoms with E-state index in [4.69, 9.17) is 9.47 Å². The van der Waals surface area contributed by atoms with Gasteiger partial charge in [-0.2, -0.15) is 0 Å². The number of carbonyl (C=O) groups excluding carboxylic acids is 1. The Balaban J connectivity index is 1.43. The molecule has 1 N–H and O–H groups in total. The number of carbonyl (C=O) groups is 1. The maximum absolute atomic E-state index is 11.9. The Morgan fingerprint density at radius 1 is 1.17 bits per heavy atom. The van der Waals surface area contributed by atoms with Gasteiger partial charge in [0.1, 0.15) is 0 Å². The standard InChI is InChI=1S/C17H18N2O4/c20-16(11-13-5-6-14-15(10-13)23-12-22-14)18-7-3-9-19-8-2-1-4-17(19)21/h1-2,4-6,8,10H,3,7,9,11-12H2,(H,18,20). The summed E-state index contributed by atoms with van der Waals surface area (Å²) >= 11 is 0. The summed E-state index contributed by atoms with van der Waals surface area (Å²) < 4.78 is 12.2. The summed E-state index contributed by atoms with van der Waals surface area (Å²) in [6, 6.07) is 10.6. The molecule has 2 heterocycles. The van der Waals surface area contributed by atoms with Crippen LogP contribution in [0.25, 0.3) is 0 Å². The van der Waals surface area contributed by atoms with Crippen LogP contribution in [0.2, 0.25) is 0 Å². The lowest BCUT2D eigenvalue weighted by atomic mass is 10.1. The van der Waals surface area contributed by atoms with Crippen molar-refractivity contribution in [3.63, 3.8) is 0 Å². The maximum atomic E-state index is 11.9. The van der Waals surface area contributed by atoms with E-state index in [2.05, 4.69) is 5.32 Å². The Morgan fingerprint density at radius 2 is 2.04 bits per heavy atom. The fourth-order valence-electron chi connectivity index (χ4n) is 2.42. The number of aromatic nitrogens is 1. The maximum Gasteiger partial charge on any atom is 0.250 e. The summed E-state index contributed by atoms with van der Waals surface area (Å²) in [6.07, 6.45) is 2.75. The zero-order valence-electron chi connectivity index (χ0n) is 12.7. The number of nitrogens with zero attached hydrogens (tertiary/aromatic N) is 1. The van der Waals surface area contributed by atoms with Gasteiger partial charge in [-0.05, 0) is 30.2 Å². The number of pyridine rings is 1. The van der Waals surface area contributed by atoms with Crippen LogP contribution in [0, 0.1) is 0 Å². The number of benzene rings is 1. The normalized spacial score (nSPS) is 12.2. The van der Waals surface area contributed by atoms with Crippen LogP contribution in [0.3, 0.4) is 0 Å². The highest BCUT2D eigenvalue weighted by atomic mass is 16.7. The average molecular weight is 314 g/mol. The number of ether oxygens (including phenoxy) is 2. The van der Waals surface area contributed by atoms with E-state index in [-0.39, 0.29) is 18.3 Å². The number of rotatable bonds is 6. The number of fused-ring (bicyclic) bond motifs is 1. The molecule has 0 bridgehead atoms. The first-order valence-electron chi connectivity index (χ1n) is 7.53. The Bertz CT molecular complexity index is 754. The molecule has 6 heteroatoms. The monoisotopic (exact) mass is 314 g/mol. The molecule has 3 rings (SSSR count). The fraction of sp³-hybridized carbons (Fsp3) is 0.294. The summed E-state index contributed by atoms with van der Waals surface area (Å²) in [6.45, 7) is 1.35. The molecule has 1 aromatic heterocycles. The van der Waals surface area contributed by atoms with Crippen molar-refractivity contribution < 1.29 is 14.3 Å². The Labute approximate surface area is 133 Å². The Morgan fingerprint density at radius 3 is 2.91 bits per heavy atom. The average Bonchev–Trinajstić information content (AvgIpc) is 3.01. The smallest absolute Gasteiger partial charge is 0.250 e. The van der Waals surface area contributed by atoms with Crippen molar-refractivity contribution in [2.45, 2.75) is 19.4 Å². The van der Waals surface area contributed by atoms with Crippen molar-refractivity contribution in [3.05, 3.63) is 58.5 Å². The van der Waals surface area contributed by atoms with Crippen molar-refractivity contribution in [2.24, 2.45) is 0 Å². The van der Waals surface area contributed by atoms with Gasteiger partial charge in [0, 0.05) is 25.4 Å². The molecule has 0 saturated carbocycles. The summed E-state index contributed by atoms with van der Waals surface area (Å²) in [5, 5.41) is 2.86. The first kappa shape index (κ1) is 15.1. The first-order valence-corrected chi connectivity index (χ1v) is 7.53. The van der Waals surface area contributed by atoms with Crippen LogP contribution in [-0.4, -0.2) is 23.8 Å². The van der Waals surface area contributed by atoms with Crippen LogP contribution in [0.15, 0.2) is 47.4 Å². The van der Waals surface area contributed by atoms with E-state index in [1.54, 1.807) is 16.8 Å². The molecule has 1 aliphatic rings. The molecule has 0 fully saturated rings. The SMILES string of the molecule is O=C(Cc1ccc2c(c1)OCO2)NCCCn1ccccc1=O. The van der Waals surface area contributed by atoms with E-state index in [0.717, 1.165) is 5.56 Å². The second-order valence-corrected chi connectivity index (χ2v) is 5.30. The lowest BCUT2D eigenvalue weighted by Crippen LogP contribution is -2.28. The number of amides is 1. The summed E-state index contributed by atoms with van der Waals surface area (Å²) in [5.74, 6) is 1.34. The van der Waals surface area contributed by atoms with Crippen LogP contribution in [-0.2, 0) is 17.8 Å². The molecule has 1 aliphatic heterocycles. The molecule has 23 heavy (non-hydrogen) atoms. The topological polar surface area (TPSA) is 69.6 Å². The molecule has 2 aromatic rings. The molecular formula is C17H18N2O4. The zero-order chi connectivity index (χ0) is 16.1. The van der Waals surface area contributed by atoms with Gasteiger partial charge in [-0.15, -0.1) is 0 Å². The highest BCUT2D eigenvalue weighted by Crippen LogP contribution is 2.32. The molecular weight excluding hydrogens is 296 g/mol. The third-order valence-electron chi connectivity index (χ3n) is 3.60. The van der Waals surface area contributed by atoms with Gasteiger partial charge in [-0.1, -0.05) is 12.1 Å². The summed E-state index contributed by atoms with van der Waals surface area (Å²) in [7, 11) is 0. The third-order valence-corrected chi connectivity index (χ3v) is 3.60. The van der Waals surface area contributed by atoms with Gasteiger partial charge in [-0.3, -0.25) is 9.59 Å². The molecule has 0 spiro atoms. The molecule has 1 amide bonds. The molecule has 0 radical (unpaired) electrons. The van der Waals surface area contributed by atoms with Crippen molar-refractivity contribution in [1.82, 2.24) is 9.88 Å². The summed E-state index contributed by atoms with van der Waals surface area (Å²) in [4.78, 5) is 23.5. The fourth-order valence-corrected chi connectivity index (χ4v) is 2.42. The quantitative estimate of drug-likeness (QED) is 0.817. The molecule has 1 aromatic carbocycles. The van der Waals surface area contributed by atoms with Crippen molar-refractivity contribution in [1.29, 1.82) is 0 Å². The van der Waals surface area contributed by atoms with Crippen LogP contribution < -0.4 is 20.3 Å². The van der Waals surface area contributed by atoms with Crippen molar-refractivity contribution >= 4 is 5.91 Å². The van der Waals surface area contributed by atoms with Gasteiger partial charge in [0.15, 0.2) is 11.5 Å². The minimum absolute atomic E-state index is 0.0285. The number of hydrogen-bond acceptors (Lipinski definition) is 4. The minimum Gasteiger partial charge on any atom is -0.454 e. The van der Waals surface area contributed by atoms with Crippen molar-refractivity contribution in [3.8, 4) is 11.5 Å². The van der Waals surface area contributed by atoms with E-state index >= 15 is 0 Å². The predicted molar refractivity (Wildman–Crippen MR) is 84.6 cm³/mol. The number of aryl methyl sites for hydroxylation is 1. The first-order chi connectivity index (χ1) is 11.2. The van der Waals surface area contributed by atoms with Gasteiger partial charge in [0.05, 0.1) is 6.42 Å². The largest absolute Gasteiger partial charge is 0.454 e. The van der Waals surface area contributed by atoms with Crippen LogP contribution >= 0.6 is 0 Å². The summed E-state index contributed by atoms with van der Waals surface area (Å²) in [5.41, 5.74) is 0.852. The number of nitrogens with one attached hydrogen (secondary N) is 1. The molecule has 6 nitrogen and oxygen atoms in total. The number of hydrogen-bond donors (Lipinski definition) is 1. The van der Waals surface area contributed by atoms with E-state index in [9.17, 15) is 9.59 Å². The second kappa shape index (κ2) is 7.00. The van der Waals surface area contributed by atoms with Gasteiger partial charge in [0.2, 0.25) is 18.3 Å². The van der Waals surface area contributed by atoms with E-state index in [1.807, 2.05) is 24.3 Å². The highest BCUT2D eigenvalue weighted by molar-refractivity contribution is 5.78. The van der Waals surface area contributed by atoms with E-state index in [0.29, 0.717) is 37.4 Å². The van der Waals surface area contributed by atoms with Crippen LogP contribution in [0.1, 0.15) is 12.0 Å². The molecule has 0 aliphatic carbocycles. The minimum atomic E-state index is -0.0516. The lowest BCUT2D eigenvalue weighted by molar-refractivity contribution is -0.120.